The Labute approximate surface area is 87.1 Å². The van der Waals surface area contributed by atoms with Gasteiger partial charge in [-0.3, -0.25) is 0 Å². The first-order valence-corrected chi connectivity index (χ1v) is 4.92. The topological polar surface area (TPSA) is 23.8 Å². The lowest BCUT2D eigenvalue weighted by atomic mass is 9.65. The van der Waals surface area contributed by atoms with Gasteiger partial charge in [-0.15, -0.1) is 0 Å². The van der Waals surface area contributed by atoms with Gasteiger partial charge in [0.15, 0.2) is 0 Å². The molecule has 72 valence electrons. The standard InChI is InChI=1S/C11H9ClFN/c12-9-6-8(2-3-10(9)13)11(7-14)4-1-5-11/h2-3,6H,1,4-5H2. The Hall–Kier alpha value is -1.07. The van der Waals surface area contributed by atoms with Gasteiger partial charge in [0.1, 0.15) is 5.82 Å². The molecule has 14 heavy (non-hydrogen) atoms. The Morgan fingerprint density at radius 2 is 2.14 bits per heavy atom. The van der Waals surface area contributed by atoms with Crippen LogP contribution < -0.4 is 0 Å². The summed E-state index contributed by atoms with van der Waals surface area (Å²) in [4.78, 5) is 0. The maximum absolute atomic E-state index is 12.9. The first-order valence-electron chi connectivity index (χ1n) is 4.55. The lowest BCUT2D eigenvalue weighted by Gasteiger charge is -2.35. The number of benzene rings is 1. The highest BCUT2D eigenvalue weighted by Gasteiger charge is 2.39. The fourth-order valence-electron chi connectivity index (χ4n) is 1.79. The molecule has 0 amide bonds. The molecule has 1 aliphatic carbocycles. The van der Waals surface area contributed by atoms with Crippen molar-refractivity contribution >= 4 is 11.6 Å². The second kappa shape index (κ2) is 3.25. The van der Waals surface area contributed by atoms with Gasteiger partial charge in [-0.05, 0) is 37.0 Å². The lowest BCUT2D eigenvalue weighted by molar-refractivity contribution is 0.324. The van der Waals surface area contributed by atoms with Crippen LogP contribution in [-0.4, -0.2) is 0 Å². The molecule has 1 fully saturated rings. The van der Waals surface area contributed by atoms with Crippen molar-refractivity contribution in [1.29, 1.82) is 5.26 Å². The van der Waals surface area contributed by atoms with Gasteiger partial charge in [0.2, 0.25) is 0 Å². The molecule has 0 radical (unpaired) electrons. The first kappa shape index (κ1) is 9.48. The third kappa shape index (κ3) is 1.29. The van der Waals surface area contributed by atoms with Gasteiger partial charge in [-0.1, -0.05) is 17.7 Å². The smallest absolute Gasteiger partial charge is 0.141 e. The predicted molar refractivity (Wildman–Crippen MR) is 52.6 cm³/mol. The Morgan fingerprint density at radius 3 is 2.57 bits per heavy atom. The molecule has 0 spiro atoms. The Balaban J connectivity index is 2.42. The van der Waals surface area contributed by atoms with Gasteiger partial charge in [0.25, 0.3) is 0 Å². The second-order valence-corrected chi connectivity index (χ2v) is 4.08. The average Bonchev–Trinajstić information content (AvgIpc) is 2.10. The molecule has 0 aromatic heterocycles. The normalized spacial score (nSPS) is 18.4. The average molecular weight is 210 g/mol. The summed E-state index contributed by atoms with van der Waals surface area (Å²) >= 11 is 5.67. The van der Waals surface area contributed by atoms with Crippen LogP contribution in [0, 0.1) is 17.1 Å². The van der Waals surface area contributed by atoms with Crippen LogP contribution in [0.3, 0.4) is 0 Å². The monoisotopic (exact) mass is 209 g/mol. The van der Waals surface area contributed by atoms with E-state index in [1.165, 1.54) is 6.07 Å². The molecule has 0 bridgehead atoms. The number of halogens is 2. The van der Waals surface area contributed by atoms with Crippen LogP contribution in [0.5, 0.6) is 0 Å². The van der Waals surface area contributed by atoms with Crippen LogP contribution in [0.2, 0.25) is 5.02 Å². The molecule has 0 atom stereocenters. The maximum atomic E-state index is 12.9. The van der Waals surface area contributed by atoms with Crippen LogP contribution >= 0.6 is 11.6 Å². The Bertz CT molecular complexity index is 404. The van der Waals surface area contributed by atoms with Gasteiger partial charge in [-0.25, -0.2) is 4.39 Å². The second-order valence-electron chi connectivity index (χ2n) is 3.68. The summed E-state index contributed by atoms with van der Waals surface area (Å²) in [5, 5.41) is 9.16. The summed E-state index contributed by atoms with van der Waals surface area (Å²) in [5.41, 5.74) is 0.440. The Morgan fingerprint density at radius 1 is 1.43 bits per heavy atom. The van der Waals surface area contributed by atoms with E-state index in [-0.39, 0.29) is 5.02 Å². The van der Waals surface area contributed by atoms with Crippen molar-refractivity contribution in [2.24, 2.45) is 0 Å². The van der Waals surface area contributed by atoms with E-state index in [1.807, 2.05) is 0 Å². The van der Waals surface area contributed by atoms with Crippen molar-refractivity contribution in [3.63, 3.8) is 0 Å². The molecule has 3 heteroatoms. The highest BCUT2D eigenvalue weighted by Crippen LogP contribution is 2.43. The molecule has 0 saturated heterocycles. The van der Waals surface area contributed by atoms with E-state index in [4.69, 9.17) is 16.9 Å². The van der Waals surface area contributed by atoms with E-state index in [1.54, 1.807) is 12.1 Å². The van der Waals surface area contributed by atoms with E-state index in [2.05, 4.69) is 6.07 Å². The van der Waals surface area contributed by atoms with Gasteiger partial charge in [0, 0.05) is 0 Å². The van der Waals surface area contributed by atoms with E-state index >= 15 is 0 Å². The summed E-state index contributed by atoms with van der Waals surface area (Å²) in [7, 11) is 0. The highest BCUT2D eigenvalue weighted by molar-refractivity contribution is 6.30. The zero-order valence-electron chi connectivity index (χ0n) is 7.56. The summed E-state index contributed by atoms with van der Waals surface area (Å²) in [6.45, 7) is 0. The van der Waals surface area contributed by atoms with Gasteiger partial charge >= 0.3 is 0 Å². The molecule has 0 unspecified atom stereocenters. The van der Waals surface area contributed by atoms with Gasteiger partial charge in [-0.2, -0.15) is 5.26 Å². The first-order chi connectivity index (χ1) is 6.68. The van der Waals surface area contributed by atoms with E-state index < -0.39 is 11.2 Å². The van der Waals surface area contributed by atoms with Gasteiger partial charge < -0.3 is 0 Å². The van der Waals surface area contributed by atoms with Crippen LogP contribution in [0.4, 0.5) is 4.39 Å². The van der Waals surface area contributed by atoms with Crippen LogP contribution in [0.15, 0.2) is 18.2 Å². The number of hydrogen-bond acceptors (Lipinski definition) is 1. The molecule has 1 aromatic carbocycles. The van der Waals surface area contributed by atoms with Crippen molar-refractivity contribution in [1.82, 2.24) is 0 Å². The zero-order valence-corrected chi connectivity index (χ0v) is 8.31. The van der Waals surface area contributed by atoms with Crippen molar-refractivity contribution < 1.29 is 4.39 Å². The molecule has 1 aromatic rings. The minimum Gasteiger partial charge on any atom is -0.205 e. The van der Waals surface area contributed by atoms with E-state index in [0.29, 0.717) is 0 Å². The number of nitrogens with zero attached hydrogens (tertiary/aromatic N) is 1. The molecule has 1 saturated carbocycles. The highest BCUT2D eigenvalue weighted by atomic mass is 35.5. The minimum atomic E-state index is -0.428. The van der Waals surface area contributed by atoms with Crippen molar-refractivity contribution in [2.45, 2.75) is 24.7 Å². The fourth-order valence-corrected chi connectivity index (χ4v) is 1.97. The molecular formula is C11H9ClFN. The summed E-state index contributed by atoms with van der Waals surface area (Å²) in [6, 6.07) is 6.85. The molecule has 2 rings (SSSR count). The lowest BCUT2D eigenvalue weighted by Crippen LogP contribution is -2.32. The van der Waals surface area contributed by atoms with E-state index in [0.717, 1.165) is 24.8 Å². The maximum Gasteiger partial charge on any atom is 0.141 e. The summed E-state index contributed by atoms with van der Waals surface area (Å²) in [6.07, 6.45) is 2.76. The number of hydrogen-bond donors (Lipinski definition) is 0. The van der Waals surface area contributed by atoms with Crippen LogP contribution in [-0.2, 0) is 5.41 Å². The third-order valence-corrected chi connectivity index (χ3v) is 3.18. The van der Waals surface area contributed by atoms with Crippen molar-refractivity contribution in [2.75, 3.05) is 0 Å². The summed E-state index contributed by atoms with van der Waals surface area (Å²) in [5.74, 6) is -0.428. The van der Waals surface area contributed by atoms with Crippen LogP contribution in [0.1, 0.15) is 24.8 Å². The van der Waals surface area contributed by atoms with Crippen LogP contribution in [0.25, 0.3) is 0 Å². The van der Waals surface area contributed by atoms with Gasteiger partial charge in [0.05, 0.1) is 16.5 Å². The minimum absolute atomic E-state index is 0.101. The SMILES string of the molecule is N#CC1(c2ccc(F)c(Cl)c2)CCC1. The van der Waals surface area contributed by atoms with Crippen molar-refractivity contribution in [3.05, 3.63) is 34.6 Å². The molecular weight excluding hydrogens is 201 g/mol. The molecule has 1 nitrogen and oxygen atoms in total. The third-order valence-electron chi connectivity index (χ3n) is 2.89. The van der Waals surface area contributed by atoms with E-state index in [9.17, 15) is 4.39 Å². The zero-order chi connectivity index (χ0) is 10.2. The summed E-state index contributed by atoms with van der Waals surface area (Å²) < 4.78 is 12.9. The number of rotatable bonds is 1. The predicted octanol–water partition coefficient (Wildman–Crippen LogP) is 3.42. The molecule has 0 heterocycles. The quantitative estimate of drug-likeness (QED) is 0.695. The Kier molecular flexibility index (Phi) is 2.20. The molecule has 0 aliphatic heterocycles. The fraction of sp³-hybridized carbons (Fsp3) is 0.364. The molecule has 0 N–H and O–H groups in total. The van der Waals surface area contributed by atoms with Crippen molar-refractivity contribution in [3.8, 4) is 6.07 Å². The largest absolute Gasteiger partial charge is 0.205 e. The number of nitriles is 1. The molecule has 1 aliphatic rings.